The Morgan fingerprint density at radius 3 is 2.52 bits per heavy atom. The highest BCUT2D eigenvalue weighted by Crippen LogP contribution is 2.33. The summed E-state index contributed by atoms with van der Waals surface area (Å²) in [4.78, 5) is 10.5. The lowest BCUT2D eigenvalue weighted by Gasteiger charge is -2.08. The highest BCUT2D eigenvalue weighted by molar-refractivity contribution is 9.11. The standard InChI is InChI=1S/C11H6Br2FNO4S2/c12-5-1-2-6(14)7(3-5)15-21(18,19)9-4-8(11(16)17)20-10(9)13/h1-4,15H,(H,16,17). The molecule has 0 amide bonds. The number of thiophene rings is 1. The fraction of sp³-hybridized carbons (Fsp3) is 0. The van der Waals surface area contributed by atoms with Crippen LogP contribution in [0.5, 0.6) is 0 Å². The predicted molar refractivity (Wildman–Crippen MR) is 83.9 cm³/mol. The Labute approximate surface area is 140 Å². The number of carbonyl (C=O) groups is 1. The lowest BCUT2D eigenvalue weighted by atomic mass is 10.3. The highest BCUT2D eigenvalue weighted by atomic mass is 79.9. The van der Waals surface area contributed by atoms with E-state index in [1.54, 1.807) is 0 Å². The third-order valence-electron chi connectivity index (χ3n) is 2.33. The Balaban J connectivity index is 2.43. The normalized spacial score (nSPS) is 11.4. The van der Waals surface area contributed by atoms with Gasteiger partial charge in [-0.3, -0.25) is 4.72 Å². The van der Waals surface area contributed by atoms with Crippen molar-refractivity contribution in [2.75, 3.05) is 4.72 Å². The van der Waals surface area contributed by atoms with E-state index in [1.807, 2.05) is 0 Å². The first-order chi connectivity index (χ1) is 9.70. The Bertz CT molecular complexity index is 820. The second kappa shape index (κ2) is 6.03. The molecular weight excluding hydrogens is 453 g/mol. The molecule has 21 heavy (non-hydrogen) atoms. The van der Waals surface area contributed by atoms with Gasteiger partial charge in [0.2, 0.25) is 0 Å². The lowest BCUT2D eigenvalue weighted by Crippen LogP contribution is -2.13. The Kier molecular flexibility index (Phi) is 4.71. The monoisotopic (exact) mass is 457 g/mol. The van der Waals surface area contributed by atoms with Gasteiger partial charge in [0.1, 0.15) is 15.6 Å². The Hall–Kier alpha value is -0.970. The summed E-state index contributed by atoms with van der Waals surface area (Å²) in [5, 5.41) is 8.87. The number of anilines is 1. The van der Waals surface area contributed by atoms with E-state index < -0.39 is 21.8 Å². The van der Waals surface area contributed by atoms with Crippen molar-refractivity contribution in [3.63, 3.8) is 0 Å². The van der Waals surface area contributed by atoms with Crippen LogP contribution in [0.4, 0.5) is 10.1 Å². The van der Waals surface area contributed by atoms with Crippen LogP contribution in [0.2, 0.25) is 0 Å². The molecule has 0 aliphatic carbocycles. The van der Waals surface area contributed by atoms with Gasteiger partial charge in [0.15, 0.2) is 0 Å². The molecule has 0 aliphatic rings. The summed E-state index contributed by atoms with van der Waals surface area (Å²) in [6, 6.07) is 4.81. The van der Waals surface area contributed by atoms with Crippen molar-refractivity contribution in [2.45, 2.75) is 4.90 Å². The molecule has 0 radical (unpaired) electrons. The number of sulfonamides is 1. The summed E-state index contributed by atoms with van der Waals surface area (Å²) in [5.74, 6) is -1.98. The molecule has 0 atom stereocenters. The van der Waals surface area contributed by atoms with Crippen LogP contribution in [0.3, 0.4) is 0 Å². The maximum Gasteiger partial charge on any atom is 0.345 e. The van der Waals surface area contributed by atoms with E-state index >= 15 is 0 Å². The van der Waals surface area contributed by atoms with Crippen molar-refractivity contribution >= 4 is 64.9 Å². The maximum absolute atomic E-state index is 13.6. The minimum Gasteiger partial charge on any atom is -0.477 e. The van der Waals surface area contributed by atoms with E-state index in [-0.39, 0.29) is 19.2 Å². The van der Waals surface area contributed by atoms with Gasteiger partial charge in [0, 0.05) is 4.47 Å². The number of hydrogen-bond donors (Lipinski definition) is 2. The van der Waals surface area contributed by atoms with E-state index in [0.717, 1.165) is 23.5 Å². The quantitative estimate of drug-likeness (QED) is 0.727. The van der Waals surface area contributed by atoms with Gasteiger partial charge in [-0.1, -0.05) is 15.9 Å². The van der Waals surface area contributed by atoms with Crippen molar-refractivity contribution < 1.29 is 22.7 Å². The van der Waals surface area contributed by atoms with Crippen molar-refractivity contribution in [3.8, 4) is 0 Å². The SMILES string of the molecule is O=C(O)c1cc(S(=O)(=O)Nc2cc(Br)ccc2F)c(Br)s1. The van der Waals surface area contributed by atoms with Gasteiger partial charge in [-0.05, 0) is 40.2 Å². The first-order valence-electron chi connectivity index (χ1n) is 5.21. The van der Waals surface area contributed by atoms with Crippen LogP contribution in [0.25, 0.3) is 0 Å². The zero-order valence-corrected chi connectivity index (χ0v) is 14.7. The molecule has 1 aromatic carbocycles. The fourth-order valence-electron chi connectivity index (χ4n) is 1.42. The van der Waals surface area contributed by atoms with Crippen molar-refractivity contribution in [2.24, 2.45) is 0 Å². The van der Waals surface area contributed by atoms with Gasteiger partial charge in [0.05, 0.1) is 9.47 Å². The zero-order valence-electron chi connectivity index (χ0n) is 9.93. The van der Waals surface area contributed by atoms with Gasteiger partial charge in [-0.2, -0.15) is 0 Å². The predicted octanol–water partition coefficient (Wildman–Crippen LogP) is 3.91. The van der Waals surface area contributed by atoms with Crippen LogP contribution < -0.4 is 4.72 Å². The van der Waals surface area contributed by atoms with Crippen LogP contribution in [-0.4, -0.2) is 19.5 Å². The molecule has 5 nitrogen and oxygen atoms in total. The van der Waals surface area contributed by atoms with Crippen LogP contribution in [-0.2, 0) is 10.0 Å². The molecule has 0 aliphatic heterocycles. The average molecular weight is 459 g/mol. The fourth-order valence-corrected chi connectivity index (χ4v) is 5.24. The minimum atomic E-state index is -4.11. The zero-order chi connectivity index (χ0) is 15.8. The number of aromatic carboxylic acids is 1. The molecule has 0 bridgehead atoms. The van der Waals surface area contributed by atoms with Crippen LogP contribution >= 0.6 is 43.2 Å². The first-order valence-corrected chi connectivity index (χ1v) is 9.10. The molecule has 0 spiro atoms. The van der Waals surface area contributed by atoms with Gasteiger partial charge >= 0.3 is 5.97 Å². The minimum absolute atomic E-state index is 0.128. The number of nitrogens with one attached hydrogen (secondary N) is 1. The van der Waals surface area contributed by atoms with Crippen LogP contribution in [0, 0.1) is 5.82 Å². The van der Waals surface area contributed by atoms with E-state index in [0.29, 0.717) is 4.47 Å². The third kappa shape index (κ3) is 3.62. The number of carboxylic acids is 1. The number of rotatable bonds is 4. The first kappa shape index (κ1) is 16.4. The molecule has 112 valence electrons. The number of benzene rings is 1. The molecule has 2 aromatic rings. The molecule has 0 saturated heterocycles. The smallest absolute Gasteiger partial charge is 0.345 e. The molecule has 10 heteroatoms. The molecule has 2 rings (SSSR count). The number of carboxylic acid groups (broad SMARTS) is 1. The lowest BCUT2D eigenvalue weighted by molar-refractivity contribution is 0.0702. The molecule has 1 aromatic heterocycles. The summed E-state index contributed by atoms with van der Waals surface area (Å²) in [6.45, 7) is 0. The summed E-state index contributed by atoms with van der Waals surface area (Å²) >= 11 is 6.87. The van der Waals surface area contributed by atoms with E-state index in [9.17, 15) is 17.6 Å². The molecule has 0 fully saturated rings. The summed E-state index contributed by atoms with van der Waals surface area (Å²) in [6.07, 6.45) is 0. The van der Waals surface area contributed by atoms with E-state index in [4.69, 9.17) is 5.11 Å². The van der Waals surface area contributed by atoms with Gasteiger partial charge in [-0.25, -0.2) is 17.6 Å². The second-order valence-corrected chi connectivity index (χ2v) is 8.72. The molecular formula is C11H6Br2FNO4S2. The van der Waals surface area contributed by atoms with Gasteiger partial charge in [0.25, 0.3) is 10.0 Å². The Morgan fingerprint density at radius 1 is 1.29 bits per heavy atom. The highest BCUT2D eigenvalue weighted by Gasteiger charge is 2.24. The third-order valence-corrected chi connectivity index (χ3v) is 6.43. The molecule has 0 unspecified atom stereocenters. The number of hydrogen-bond acceptors (Lipinski definition) is 4. The van der Waals surface area contributed by atoms with Gasteiger partial charge in [-0.15, -0.1) is 11.3 Å². The molecule has 1 heterocycles. The molecule has 0 saturated carbocycles. The van der Waals surface area contributed by atoms with Crippen molar-refractivity contribution in [1.29, 1.82) is 0 Å². The molecule has 2 N–H and O–H groups in total. The average Bonchev–Trinajstić information content (AvgIpc) is 2.77. The van der Waals surface area contributed by atoms with E-state index in [2.05, 4.69) is 36.6 Å². The topological polar surface area (TPSA) is 83.5 Å². The van der Waals surface area contributed by atoms with Gasteiger partial charge < -0.3 is 5.11 Å². The Morgan fingerprint density at radius 2 is 1.95 bits per heavy atom. The second-order valence-electron chi connectivity index (χ2n) is 3.78. The summed E-state index contributed by atoms with van der Waals surface area (Å²) in [5.41, 5.74) is -0.237. The van der Waals surface area contributed by atoms with Crippen LogP contribution in [0.15, 0.2) is 37.4 Å². The summed E-state index contributed by atoms with van der Waals surface area (Å²) < 4.78 is 40.7. The largest absolute Gasteiger partial charge is 0.477 e. The maximum atomic E-state index is 13.6. The van der Waals surface area contributed by atoms with Crippen LogP contribution in [0.1, 0.15) is 9.67 Å². The number of halogens is 3. The van der Waals surface area contributed by atoms with Crippen molar-refractivity contribution in [1.82, 2.24) is 0 Å². The van der Waals surface area contributed by atoms with Crippen molar-refractivity contribution in [3.05, 3.63) is 43.2 Å². The van der Waals surface area contributed by atoms with E-state index in [1.165, 1.54) is 12.1 Å². The summed E-state index contributed by atoms with van der Waals surface area (Å²) in [7, 11) is -4.11.